The van der Waals surface area contributed by atoms with E-state index in [4.69, 9.17) is 10.00 Å². The topological polar surface area (TPSA) is 106 Å². The van der Waals surface area contributed by atoms with Crippen LogP contribution >= 0.6 is 0 Å². The zero-order valence-electron chi connectivity index (χ0n) is 13.3. The van der Waals surface area contributed by atoms with Crippen molar-refractivity contribution >= 4 is 11.6 Å². The van der Waals surface area contributed by atoms with Crippen molar-refractivity contribution < 1.29 is 9.53 Å². The van der Waals surface area contributed by atoms with Crippen LogP contribution in [0, 0.1) is 11.3 Å². The lowest BCUT2D eigenvalue weighted by atomic mass is 10.2. The van der Waals surface area contributed by atoms with Gasteiger partial charge in [-0.3, -0.25) is 4.79 Å². The summed E-state index contributed by atoms with van der Waals surface area (Å²) < 4.78 is 7.18. The quantitative estimate of drug-likeness (QED) is 0.764. The Morgan fingerprint density at radius 3 is 2.76 bits per heavy atom. The van der Waals surface area contributed by atoms with E-state index in [0.29, 0.717) is 17.0 Å². The van der Waals surface area contributed by atoms with Crippen molar-refractivity contribution in [1.29, 1.82) is 5.26 Å². The minimum atomic E-state index is -0.709. The van der Waals surface area contributed by atoms with Gasteiger partial charge < -0.3 is 10.1 Å². The van der Waals surface area contributed by atoms with E-state index in [0.717, 1.165) is 5.69 Å². The molecule has 0 fully saturated rings. The highest BCUT2D eigenvalue weighted by Crippen LogP contribution is 2.18. The van der Waals surface area contributed by atoms with Gasteiger partial charge in [0, 0.05) is 11.8 Å². The van der Waals surface area contributed by atoms with E-state index in [-0.39, 0.29) is 5.91 Å². The van der Waals surface area contributed by atoms with Crippen LogP contribution in [-0.4, -0.2) is 32.2 Å². The SMILES string of the molecule is C[C@H](Oc1cccc(-n2cnnn2)c1)C(=O)Nc1ccc(C#N)cc1. The molecule has 3 rings (SSSR count). The van der Waals surface area contributed by atoms with E-state index in [1.165, 1.54) is 11.0 Å². The third kappa shape index (κ3) is 3.97. The molecule has 0 aliphatic heterocycles. The molecule has 1 heterocycles. The normalized spacial score (nSPS) is 11.4. The molecule has 0 bridgehead atoms. The van der Waals surface area contributed by atoms with Gasteiger partial charge in [-0.05, 0) is 53.7 Å². The number of benzene rings is 2. The number of nitrogens with zero attached hydrogens (tertiary/aromatic N) is 5. The molecular formula is C17H14N6O2. The van der Waals surface area contributed by atoms with Gasteiger partial charge in [-0.15, -0.1) is 5.10 Å². The van der Waals surface area contributed by atoms with Crippen LogP contribution in [0.5, 0.6) is 5.75 Å². The van der Waals surface area contributed by atoms with E-state index >= 15 is 0 Å². The molecule has 0 aliphatic carbocycles. The highest BCUT2D eigenvalue weighted by atomic mass is 16.5. The Morgan fingerprint density at radius 1 is 1.28 bits per heavy atom. The molecule has 1 aromatic heterocycles. The second kappa shape index (κ2) is 7.23. The van der Waals surface area contributed by atoms with Gasteiger partial charge in [0.25, 0.3) is 5.91 Å². The molecule has 124 valence electrons. The number of nitriles is 1. The number of hydrogen-bond acceptors (Lipinski definition) is 6. The van der Waals surface area contributed by atoms with E-state index in [1.54, 1.807) is 49.4 Å². The molecule has 8 heteroatoms. The molecule has 2 aromatic carbocycles. The first-order valence-corrected chi connectivity index (χ1v) is 7.47. The highest BCUT2D eigenvalue weighted by Gasteiger charge is 2.15. The smallest absolute Gasteiger partial charge is 0.265 e. The fourth-order valence-corrected chi connectivity index (χ4v) is 2.11. The lowest BCUT2D eigenvalue weighted by Crippen LogP contribution is -2.30. The van der Waals surface area contributed by atoms with E-state index in [9.17, 15) is 4.79 Å². The number of amides is 1. The minimum absolute atomic E-state index is 0.294. The van der Waals surface area contributed by atoms with Crippen LogP contribution in [0.15, 0.2) is 54.9 Å². The molecule has 1 amide bonds. The predicted octanol–water partition coefficient (Wildman–Crippen LogP) is 1.94. The van der Waals surface area contributed by atoms with Crippen molar-refractivity contribution in [3.63, 3.8) is 0 Å². The van der Waals surface area contributed by atoms with Crippen LogP contribution in [0.25, 0.3) is 5.69 Å². The number of rotatable bonds is 5. The Morgan fingerprint density at radius 2 is 2.08 bits per heavy atom. The van der Waals surface area contributed by atoms with Crippen LogP contribution in [-0.2, 0) is 4.79 Å². The number of carbonyl (C=O) groups excluding carboxylic acids is 1. The number of nitrogens with one attached hydrogen (secondary N) is 1. The Bertz CT molecular complexity index is 900. The van der Waals surface area contributed by atoms with Crippen molar-refractivity contribution in [2.24, 2.45) is 0 Å². The van der Waals surface area contributed by atoms with E-state index < -0.39 is 6.10 Å². The first-order valence-electron chi connectivity index (χ1n) is 7.47. The number of hydrogen-bond donors (Lipinski definition) is 1. The molecular weight excluding hydrogens is 320 g/mol. The van der Waals surface area contributed by atoms with Gasteiger partial charge in [0.05, 0.1) is 17.3 Å². The summed E-state index contributed by atoms with van der Waals surface area (Å²) in [5.74, 6) is 0.230. The van der Waals surface area contributed by atoms with Crippen LogP contribution in [0.3, 0.4) is 0 Å². The molecule has 0 radical (unpaired) electrons. The Balaban J connectivity index is 1.65. The van der Waals surface area contributed by atoms with Crippen molar-refractivity contribution in [3.8, 4) is 17.5 Å². The first kappa shape index (κ1) is 16.1. The maximum Gasteiger partial charge on any atom is 0.265 e. The Kier molecular flexibility index (Phi) is 4.67. The summed E-state index contributed by atoms with van der Waals surface area (Å²) in [6, 6.07) is 15.7. The van der Waals surface area contributed by atoms with E-state index in [1.807, 2.05) is 12.1 Å². The monoisotopic (exact) mass is 334 g/mol. The Hall–Kier alpha value is -3.73. The number of aromatic nitrogens is 4. The third-order valence-corrected chi connectivity index (χ3v) is 3.39. The molecule has 0 saturated carbocycles. The first-order chi connectivity index (χ1) is 12.2. The van der Waals surface area contributed by atoms with Gasteiger partial charge >= 0.3 is 0 Å². The molecule has 0 unspecified atom stereocenters. The molecule has 1 N–H and O–H groups in total. The molecule has 3 aromatic rings. The highest BCUT2D eigenvalue weighted by molar-refractivity contribution is 5.94. The lowest BCUT2D eigenvalue weighted by Gasteiger charge is -2.15. The number of ether oxygens (including phenoxy) is 1. The van der Waals surface area contributed by atoms with Gasteiger partial charge in [0.2, 0.25) is 0 Å². The fourth-order valence-electron chi connectivity index (χ4n) is 2.11. The van der Waals surface area contributed by atoms with Crippen molar-refractivity contribution in [1.82, 2.24) is 20.2 Å². The van der Waals surface area contributed by atoms with Gasteiger partial charge in [0.15, 0.2) is 6.10 Å². The lowest BCUT2D eigenvalue weighted by molar-refractivity contribution is -0.122. The van der Waals surface area contributed by atoms with Gasteiger partial charge in [-0.2, -0.15) is 5.26 Å². The summed E-state index contributed by atoms with van der Waals surface area (Å²) in [7, 11) is 0. The zero-order valence-corrected chi connectivity index (χ0v) is 13.3. The number of tetrazole rings is 1. The van der Waals surface area contributed by atoms with Crippen molar-refractivity contribution in [3.05, 3.63) is 60.4 Å². The van der Waals surface area contributed by atoms with Crippen molar-refractivity contribution in [2.75, 3.05) is 5.32 Å². The maximum absolute atomic E-state index is 12.2. The molecule has 0 spiro atoms. The zero-order chi connectivity index (χ0) is 17.6. The molecule has 0 aliphatic rings. The summed E-state index contributed by atoms with van der Waals surface area (Å²) in [6.45, 7) is 1.66. The van der Waals surface area contributed by atoms with Gasteiger partial charge in [0.1, 0.15) is 12.1 Å². The van der Waals surface area contributed by atoms with Crippen LogP contribution in [0.2, 0.25) is 0 Å². The molecule has 25 heavy (non-hydrogen) atoms. The average molecular weight is 334 g/mol. The predicted molar refractivity (Wildman–Crippen MR) is 89.0 cm³/mol. The Labute approximate surface area is 143 Å². The minimum Gasteiger partial charge on any atom is -0.481 e. The standard InChI is InChI=1S/C17H14N6O2/c1-12(17(24)20-14-7-5-13(10-18)6-8-14)25-16-4-2-3-15(9-16)23-11-19-21-22-23/h2-9,11-12H,1H3,(H,20,24)/t12-/m0/s1. The van der Waals surface area contributed by atoms with E-state index in [2.05, 4.69) is 20.8 Å². The van der Waals surface area contributed by atoms with Crippen LogP contribution < -0.4 is 10.1 Å². The fraction of sp³-hybridized carbons (Fsp3) is 0.118. The molecule has 1 atom stereocenters. The summed E-state index contributed by atoms with van der Waals surface area (Å²) in [4.78, 5) is 12.2. The molecule has 0 saturated heterocycles. The van der Waals surface area contributed by atoms with Crippen LogP contribution in [0.1, 0.15) is 12.5 Å². The van der Waals surface area contributed by atoms with Crippen LogP contribution in [0.4, 0.5) is 5.69 Å². The van der Waals surface area contributed by atoms with Crippen molar-refractivity contribution in [2.45, 2.75) is 13.0 Å². The second-order valence-electron chi connectivity index (χ2n) is 5.19. The summed E-state index contributed by atoms with van der Waals surface area (Å²) >= 11 is 0. The number of anilines is 1. The largest absolute Gasteiger partial charge is 0.481 e. The maximum atomic E-state index is 12.2. The molecule has 8 nitrogen and oxygen atoms in total. The summed E-state index contributed by atoms with van der Waals surface area (Å²) in [6.07, 6.45) is 0.764. The summed E-state index contributed by atoms with van der Waals surface area (Å²) in [5, 5.41) is 22.5. The third-order valence-electron chi connectivity index (χ3n) is 3.39. The number of carbonyl (C=O) groups is 1. The second-order valence-corrected chi connectivity index (χ2v) is 5.19. The average Bonchev–Trinajstić information content (AvgIpc) is 3.17. The summed E-state index contributed by atoms with van der Waals surface area (Å²) in [5.41, 5.74) is 1.85. The van der Waals surface area contributed by atoms with Gasteiger partial charge in [-0.1, -0.05) is 6.07 Å². The van der Waals surface area contributed by atoms with Gasteiger partial charge in [-0.25, -0.2) is 4.68 Å².